The monoisotopic (exact) mass is 288 g/mol. The van der Waals surface area contributed by atoms with Crippen molar-refractivity contribution in [3.63, 3.8) is 0 Å². The van der Waals surface area contributed by atoms with Crippen LogP contribution < -0.4 is 5.32 Å². The fourth-order valence-corrected chi connectivity index (χ4v) is 6.60. The van der Waals surface area contributed by atoms with Gasteiger partial charge in [0.2, 0.25) is 0 Å². The predicted octanol–water partition coefficient (Wildman–Crippen LogP) is 3.65. The quantitative estimate of drug-likeness (QED) is 0.356. The van der Waals surface area contributed by atoms with Crippen LogP contribution in [0.1, 0.15) is 5.56 Å². The molecule has 0 N–H and O–H groups in total. The molecule has 2 aromatic carbocycles. The first-order chi connectivity index (χ1) is 10.2. The second kappa shape index (κ2) is 3.54. The molecule has 0 saturated carbocycles. The van der Waals surface area contributed by atoms with Gasteiger partial charge in [-0.05, 0) is 17.0 Å². The van der Waals surface area contributed by atoms with Crippen molar-refractivity contribution < 1.29 is 0 Å². The van der Waals surface area contributed by atoms with Gasteiger partial charge in [-0.1, -0.05) is 55.6 Å². The third-order valence-corrected chi connectivity index (χ3v) is 7.89. The van der Waals surface area contributed by atoms with E-state index >= 15 is 0 Å². The molecule has 0 amide bonds. The molecule has 21 heavy (non-hydrogen) atoms. The van der Waals surface area contributed by atoms with E-state index in [1.54, 1.807) is 0 Å². The van der Waals surface area contributed by atoms with E-state index in [0.29, 0.717) is 0 Å². The van der Waals surface area contributed by atoms with Gasteiger partial charge in [0.05, 0.1) is 5.52 Å². The number of hydrogen-bond acceptors (Lipinski definition) is 1. The molecule has 5 rings (SSSR count). The van der Waals surface area contributed by atoms with E-state index in [0.717, 1.165) is 5.65 Å². The highest BCUT2D eigenvalue weighted by Crippen LogP contribution is 2.34. The molecule has 0 saturated heterocycles. The summed E-state index contributed by atoms with van der Waals surface area (Å²) in [5.41, 5.74) is 4.00. The van der Waals surface area contributed by atoms with Crippen molar-refractivity contribution in [1.82, 2.24) is 9.38 Å². The number of benzene rings is 2. The molecule has 1 aliphatic rings. The summed E-state index contributed by atoms with van der Waals surface area (Å²) in [5, 5.41) is 5.41. The summed E-state index contributed by atoms with van der Waals surface area (Å²) in [4.78, 5) is 4.79. The average molecular weight is 288 g/mol. The summed E-state index contributed by atoms with van der Waals surface area (Å²) in [7, 11) is -1.45. The van der Waals surface area contributed by atoms with E-state index < -0.39 is 8.07 Å². The normalized spacial score (nSPS) is 16.3. The molecule has 0 unspecified atom stereocenters. The van der Waals surface area contributed by atoms with Crippen LogP contribution in [0.15, 0.2) is 48.7 Å². The molecule has 0 atom stereocenters. The van der Waals surface area contributed by atoms with Crippen molar-refractivity contribution in [2.75, 3.05) is 0 Å². The summed E-state index contributed by atoms with van der Waals surface area (Å²) >= 11 is 0. The number of imidazole rings is 1. The maximum Gasteiger partial charge on any atom is 0.144 e. The molecular formula is C18H16N2Si. The second-order valence-corrected chi connectivity index (χ2v) is 11.4. The van der Waals surface area contributed by atoms with Crippen LogP contribution in [-0.2, 0) is 6.04 Å². The van der Waals surface area contributed by atoms with E-state index in [1.165, 1.54) is 38.6 Å². The van der Waals surface area contributed by atoms with Gasteiger partial charge in [-0.15, -0.1) is 0 Å². The molecular weight excluding hydrogens is 272 g/mol. The van der Waals surface area contributed by atoms with Gasteiger partial charge in [0.25, 0.3) is 0 Å². The van der Waals surface area contributed by atoms with Gasteiger partial charge in [-0.25, -0.2) is 4.98 Å². The summed E-state index contributed by atoms with van der Waals surface area (Å²) < 4.78 is 2.45. The maximum atomic E-state index is 4.79. The number of pyridine rings is 1. The van der Waals surface area contributed by atoms with Gasteiger partial charge >= 0.3 is 0 Å². The molecule has 0 fully saturated rings. The predicted molar refractivity (Wildman–Crippen MR) is 91.0 cm³/mol. The smallest absolute Gasteiger partial charge is 0.144 e. The number of aromatic nitrogens is 2. The van der Waals surface area contributed by atoms with Crippen molar-refractivity contribution in [3.8, 4) is 0 Å². The van der Waals surface area contributed by atoms with Crippen molar-refractivity contribution in [2.24, 2.45) is 0 Å². The Bertz CT molecular complexity index is 1040. The minimum absolute atomic E-state index is 1.13. The molecule has 3 heterocycles. The maximum absolute atomic E-state index is 4.79. The van der Waals surface area contributed by atoms with Crippen LogP contribution in [0.2, 0.25) is 13.1 Å². The van der Waals surface area contributed by atoms with Gasteiger partial charge < -0.3 is 4.40 Å². The van der Waals surface area contributed by atoms with E-state index in [4.69, 9.17) is 4.98 Å². The Morgan fingerprint density at radius 1 is 0.952 bits per heavy atom. The van der Waals surface area contributed by atoms with Crippen LogP contribution >= 0.6 is 0 Å². The van der Waals surface area contributed by atoms with E-state index in [1.807, 2.05) is 0 Å². The Balaban J connectivity index is 2.21. The van der Waals surface area contributed by atoms with Gasteiger partial charge in [-0.2, -0.15) is 0 Å². The lowest BCUT2D eigenvalue weighted by atomic mass is 10.0. The van der Waals surface area contributed by atoms with Gasteiger partial charge in [0.1, 0.15) is 13.7 Å². The van der Waals surface area contributed by atoms with Crippen LogP contribution in [0.4, 0.5) is 0 Å². The molecule has 3 heteroatoms. The van der Waals surface area contributed by atoms with Crippen LogP contribution in [0.3, 0.4) is 0 Å². The Morgan fingerprint density at radius 3 is 2.57 bits per heavy atom. The van der Waals surface area contributed by atoms with Crippen molar-refractivity contribution in [3.05, 3.63) is 54.2 Å². The number of nitrogens with zero attached hydrogens (tertiary/aromatic N) is 2. The molecule has 0 spiro atoms. The van der Waals surface area contributed by atoms with Crippen LogP contribution in [0, 0.1) is 0 Å². The Morgan fingerprint density at radius 2 is 1.71 bits per heavy atom. The molecule has 1 aliphatic heterocycles. The fraction of sp³-hybridized carbons (Fsp3) is 0.167. The second-order valence-electron chi connectivity index (χ2n) is 6.72. The fourth-order valence-electron chi connectivity index (χ4n) is 3.94. The third-order valence-electron chi connectivity index (χ3n) is 4.89. The molecule has 0 bridgehead atoms. The Labute approximate surface area is 124 Å². The molecule has 0 radical (unpaired) electrons. The first-order valence-electron chi connectivity index (χ1n) is 7.47. The lowest BCUT2D eigenvalue weighted by Crippen LogP contribution is -2.49. The molecule has 2 aromatic heterocycles. The summed E-state index contributed by atoms with van der Waals surface area (Å²) in [6, 6.07) is 16.6. The molecule has 102 valence electrons. The first-order valence-corrected chi connectivity index (χ1v) is 10.7. The third kappa shape index (κ3) is 1.30. The zero-order chi connectivity index (χ0) is 14.2. The Hall–Kier alpha value is -2.13. The zero-order valence-corrected chi connectivity index (χ0v) is 13.2. The minimum atomic E-state index is -1.45. The van der Waals surface area contributed by atoms with Crippen LogP contribution in [0.5, 0.6) is 0 Å². The highest BCUT2D eigenvalue weighted by atomic mass is 28.3. The molecule has 4 aromatic rings. The summed E-state index contributed by atoms with van der Waals surface area (Å²) in [6.45, 7) is 4.90. The Kier molecular flexibility index (Phi) is 1.94. The first kappa shape index (κ1) is 11.5. The average Bonchev–Trinajstić information content (AvgIpc) is 2.93. The lowest BCUT2D eigenvalue weighted by Gasteiger charge is -2.29. The highest BCUT2D eigenvalue weighted by Gasteiger charge is 2.33. The van der Waals surface area contributed by atoms with Crippen molar-refractivity contribution in [2.45, 2.75) is 19.1 Å². The number of para-hydroxylation sites is 1. The topological polar surface area (TPSA) is 17.3 Å². The van der Waals surface area contributed by atoms with Crippen molar-refractivity contribution in [1.29, 1.82) is 0 Å². The standard InChI is InChI=1S/C18H16N2Si/c1-21(2)11-12-6-5-9-14-13-7-3-4-8-15(13)18-19-10-16(21)20(18)17(12)14/h3-10H,11H2,1-2H3. The van der Waals surface area contributed by atoms with Crippen LogP contribution in [-0.4, -0.2) is 17.5 Å². The lowest BCUT2D eigenvalue weighted by molar-refractivity contribution is 1.20. The van der Waals surface area contributed by atoms with Gasteiger partial charge in [-0.3, -0.25) is 0 Å². The van der Waals surface area contributed by atoms with E-state index in [9.17, 15) is 0 Å². The largest absolute Gasteiger partial charge is 0.300 e. The number of rotatable bonds is 0. The van der Waals surface area contributed by atoms with Gasteiger partial charge in [0, 0.05) is 22.3 Å². The van der Waals surface area contributed by atoms with Crippen molar-refractivity contribution >= 4 is 40.7 Å². The number of hydrogen-bond donors (Lipinski definition) is 0. The van der Waals surface area contributed by atoms with Gasteiger partial charge in [0.15, 0.2) is 0 Å². The highest BCUT2D eigenvalue weighted by molar-refractivity contribution is 6.89. The zero-order valence-electron chi connectivity index (χ0n) is 12.2. The SMILES string of the molecule is C[Si]1(C)Cc2cccc3c4ccccc4c4ncc1n4c23. The van der Waals surface area contributed by atoms with E-state index in [2.05, 4.69) is 66.2 Å². The molecule has 0 aliphatic carbocycles. The summed E-state index contributed by atoms with van der Waals surface area (Å²) in [6.07, 6.45) is 2.13. The summed E-state index contributed by atoms with van der Waals surface area (Å²) in [5.74, 6) is 0. The van der Waals surface area contributed by atoms with Crippen LogP contribution in [0.25, 0.3) is 27.3 Å². The molecule has 2 nitrogen and oxygen atoms in total. The van der Waals surface area contributed by atoms with E-state index in [-0.39, 0.29) is 0 Å². The minimum Gasteiger partial charge on any atom is -0.300 e. The number of fused-ring (bicyclic) bond motifs is 3.